The van der Waals surface area contributed by atoms with Gasteiger partial charge in [-0.3, -0.25) is 24.1 Å². The van der Waals surface area contributed by atoms with Gasteiger partial charge >= 0.3 is 23.6 Å². The van der Waals surface area contributed by atoms with E-state index >= 15 is 0 Å². The van der Waals surface area contributed by atoms with Crippen molar-refractivity contribution < 1.29 is 24.3 Å². The Balaban J connectivity index is 1.23. The van der Waals surface area contributed by atoms with Gasteiger partial charge in [0.05, 0.1) is 12.1 Å². The molecule has 6 rings (SSSR count). The Morgan fingerprint density at radius 1 is 0.765 bits per heavy atom. The summed E-state index contributed by atoms with van der Waals surface area (Å²) in [5, 5.41) is 12.8. The summed E-state index contributed by atoms with van der Waals surface area (Å²) < 4.78 is 0. The molecule has 0 saturated carbocycles. The Hall–Kier alpha value is -4.70. The molecule has 3 aliphatic rings. The molecule has 0 aromatic heterocycles. The number of piperazine rings is 2. The molecular formula is C41H51N5O5. The first-order valence-corrected chi connectivity index (χ1v) is 18.5. The minimum Gasteiger partial charge on any atom is -0.508 e. The molecule has 270 valence electrons. The third-order valence-electron chi connectivity index (χ3n) is 10.7. The topological polar surface area (TPSA) is 113 Å². The molecular weight excluding hydrogens is 642 g/mol. The van der Waals surface area contributed by atoms with E-state index in [2.05, 4.69) is 24.1 Å². The Labute approximate surface area is 301 Å². The number of nitrogens with zero attached hydrogens (tertiary/aromatic N) is 4. The van der Waals surface area contributed by atoms with Crippen LogP contribution < -0.4 is 5.32 Å². The summed E-state index contributed by atoms with van der Waals surface area (Å²) in [5.41, 5.74) is 3.20. The molecule has 0 spiro atoms. The fraction of sp³-hybridized carbons (Fsp3) is 0.463. The van der Waals surface area contributed by atoms with E-state index in [1.165, 1.54) is 0 Å². The zero-order valence-electron chi connectivity index (χ0n) is 29.8. The summed E-state index contributed by atoms with van der Waals surface area (Å²) in [7, 11) is 0. The largest absolute Gasteiger partial charge is 0.508 e. The molecule has 2 N–H and O–H groups in total. The van der Waals surface area contributed by atoms with Gasteiger partial charge in [-0.15, -0.1) is 0 Å². The number of phenolic OH excluding ortho intramolecular Hbond substituents is 1. The van der Waals surface area contributed by atoms with Crippen molar-refractivity contribution in [1.82, 2.24) is 24.9 Å². The molecule has 51 heavy (non-hydrogen) atoms. The average Bonchev–Trinajstić information content (AvgIpc) is 3.57. The molecule has 0 unspecified atom stereocenters. The number of carbonyl (C=O) groups is 4. The third kappa shape index (κ3) is 8.97. The second-order valence-electron chi connectivity index (χ2n) is 14.8. The van der Waals surface area contributed by atoms with Gasteiger partial charge in [-0.1, -0.05) is 86.6 Å². The Kier molecular flexibility index (Phi) is 11.7. The first-order chi connectivity index (χ1) is 24.7. The highest BCUT2D eigenvalue weighted by atomic mass is 16.3. The molecule has 10 heteroatoms. The fourth-order valence-electron chi connectivity index (χ4n) is 8.07. The van der Waals surface area contributed by atoms with Gasteiger partial charge < -0.3 is 25.1 Å². The monoisotopic (exact) mass is 693 g/mol. The molecule has 3 heterocycles. The zero-order chi connectivity index (χ0) is 35.9. The van der Waals surface area contributed by atoms with Crippen LogP contribution >= 0.6 is 0 Å². The van der Waals surface area contributed by atoms with Gasteiger partial charge in [0.2, 0.25) is 0 Å². The van der Waals surface area contributed by atoms with E-state index in [1.807, 2.05) is 72.8 Å². The smallest absolute Gasteiger partial charge is 0.312 e. The van der Waals surface area contributed by atoms with E-state index in [0.29, 0.717) is 57.9 Å². The van der Waals surface area contributed by atoms with Crippen molar-refractivity contribution in [1.29, 1.82) is 0 Å². The van der Waals surface area contributed by atoms with Gasteiger partial charge in [0.25, 0.3) is 0 Å². The van der Waals surface area contributed by atoms with Crippen LogP contribution in [0.1, 0.15) is 49.8 Å². The maximum absolute atomic E-state index is 14.1. The maximum Gasteiger partial charge on any atom is 0.312 e. The van der Waals surface area contributed by atoms with E-state index in [1.54, 1.807) is 26.8 Å². The molecule has 4 atom stereocenters. The first kappa shape index (κ1) is 36.1. The van der Waals surface area contributed by atoms with Crippen LogP contribution in [0.5, 0.6) is 5.75 Å². The van der Waals surface area contributed by atoms with Gasteiger partial charge in [-0.2, -0.15) is 0 Å². The standard InChI is InChI=1S/C41H51N5O5/c1-29(2)22-35-28-46(41(51)40(50)44(35)21-19-30-10-5-3-6-11-30)36(24-32-15-17-37(47)18-16-32)26-43-20-9-14-33(43)27-45-34(25-42-38(48)39(45)49)23-31-12-7-4-8-13-31/h3-8,10-13,15-18,29,33-36,47H,9,14,19-28H2,1-2H3,(H,42,48)/t33-,34-,35-,36-/m0/s1. The molecule has 3 aromatic rings. The first-order valence-electron chi connectivity index (χ1n) is 18.5. The number of nitrogens with one attached hydrogen (secondary N) is 1. The van der Waals surface area contributed by atoms with Gasteiger partial charge in [0.1, 0.15) is 5.75 Å². The molecule has 10 nitrogen and oxygen atoms in total. The SMILES string of the molecule is CC(C)C[C@H]1CN([C@@H](Cc2ccc(O)cc2)CN2CCC[C@H]2CN2C(=O)C(=O)NC[C@@H]2Cc2ccccc2)C(=O)C(=O)N1CCc1ccccc1. The van der Waals surface area contributed by atoms with Gasteiger partial charge in [0.15, 0.2) is 0 Å². The number of likely N-dealkylation sites (tertiary alicyclic amines) is 1. The van der Waals surface area contributed by atoms with Crippen LogP contribution in [0, 0.1) is 5.92 Å². The molecule has 0 radical (unpaired) electrons. The molecule has 3 aromatic carbocycles. The minimum absolute atomic E-state index is 0.00451. The van der Waals surface area contributed by atoms with Crippen molar-refractivity contribution >= 4 is 23.6 Å². The predicted molar refractivity (Wildman–Crippen MR) is 196 cm³/mol. The number of hydrogen-bond acceptors (Lipinski definition) is 6. The van der Waals surface area contributed by atoms with E-state index in [0.717, 1.165) is 42.5 Å². The van der Waals surface area contributed by atoms with Crippen LogP contribution in [0.2, 0.25) is 0 Å². The van der Waals surface area contributed by atoms with Crippen molar-refractivity contribution in [3.8, 4) is 5.75 Å². The van der Waals surface area contributed by atoms with Crippen LogP contribution in [0.3, 0.4) is 0 Å². The van der Waals surface area contributed by atoms with Crippen LogP contribution in [0.15, 0.2) is 84.9 Å². The summed E-state index contributed by atoms with van der Waals surface area (Å²) in [6.45, 7) is 7.38. The van der Waals surface area contributed by atoms with E-state index < -0.39 is 23.6 Å². The molecule has 0 aliphatic carbocycles. The molecule has 4 amide bonds. The van der Waals surface area contributed by atoms with Crippen molar-refractivity contribution in [3.63, 3.8) is 0 Å². The van der Waals surface area contributed by atoms with E-state index in [-0.39, 0.29) is 29.9 Å². The summed E-state index contributed by atoms with van der Waals surface area (Å²) in [6.07, 6.45) is 4.42. The van der Waals surface area contributed by atoms with Crippen LogP contribution in [0.25, 0.3) is 0 Å². The predicted octanol–water partition coefficient (Wildman–Crippen LogP) is 3.67. The lowest BCUT2D eigenvalue weighted by Crippen LogP contribution is -2.64. The Bertz CT molecular complexity index is 1650. The normalized spacial score (nSPS) is 22.2. The van der Waals surface area contributed by atoms with Gasteiger partial charge in [-0.25, -0.2) is 0 Å². The number of phenols is 1. The number of hydrogen-bond donors (Lipinski definition) is 2. The van der Waals surface area contributed by atoms with Crippen molar-refractivity contribution in [2.24, 2.45) is 5.92 Å². The number of amides is 4. The third-order valence-corrected chi connectivity index (χ3v) is 10.7. The maximum atomic E-state index is 14.1. The summed E-state index contributed by atoms with van der Waals surface area (Å²) in [5.74, 6) is -1.50. The van der Waals surface area contributed by atoms with Crippen molar-refractivity contribution in [2.75, 3.05) is 39.3 Å². The van der Waals surface area contributed by atoms with Crippen molar-refractivity contribution in [2.45, 2.75) is 76.5 Å². The summed E-state index contributed by atoms with van der Waals surface area (Å²) in [4.78, 5) is 61.7. The summed E-state index contributed by atoms with van der Waals surface area (Å²) >= 11 is 0. The quantitative estimate of drug-likeness (QED) is 0.250. The van der Waals surface area contributed by atoms with Crippen LogP contribution in [-0.4, -0.2) is 112 Å². The molecule has 0 bridgehead atoms. The van der Waals surface area contributed by atoms with E-state index in [4.69, 9.17) is 0 Å². The second-order valence-corrected chi connectivity index (χ2v) is 14.8. The number of carbonyl (C=O) groups excluding carboxylic acids is 4. The average molecular weight is 694 g/mol. The lowest BCUT2D eigenvalue weighted by Gasteiger charge is -2.46. The number of benzene rings is 3. The highest BCUT2D eigenvalue weighted by Crippen LogP contribution is 2.27. The zero-order valence-corrected chi connectivity index (χ0v) is 29.8. The highest BCUT2D eigenvalue weighted by Gasteiger charge is 2.44. The van der Waals surface area contributed by atoms with E-state index in [9.17, 15) is 24.3 Å². The van der Waals surface area contributed by atoms with Gasteiger partial charge in [0, 0.05) is 44.8 Å². The Morgan fingerprint density at radius 3 is 2.14 bits per heavy atom. The van der Waals surface area contributed by atoms with Crippen molar-refractivity contribution in [3.05, 3.63) is 102 Å². The van der Waals surface area contributed by atoms with Crippen LogP contribution in [0.4, 0.5) is 0 Å². The molecule has 3 aliphatic heterocycles. The second kappa shape index (κ2) is 16.5. The lowest BCUT2D eigenvalue weighted by molar-refractivity contribution is -0.161. The minimum atomic E-state index is -0.570. The number of aromatic hydroxyl groups is 1. The molecule has 3 saturated heterocycles. The Morgan fingerprint density at radius 2 is 1.45 bits per heavy atom. The molecule has 3 fully saturated rings. The van der Waals surface area contributed by atoms with Gasteiger partial charge in [-0.05, 0) is 79.8 Å². The lowest BCUT2D eigenvalue weighted by atomic mass is 9.95. The highest BCUT2D eigenvalue weighted by molar-refractivity contribution is 6.36. The van der Waals surface area contributed by atoms with Crippen LogP contribution in [-0.2, 0) is 38.4 Å². The number of rotatable bonds is 14. The fourth-order valence-corrected chi connectivity index (χ4v) is 8.07. The summed E-state index contributed by atoms with van der Waals surface area (Å²) in [6, 6.07) is 26.5.